The lowest BCUT2D eigenvalue weighted by molar-refractivity contribution is -0.138. The summed E-state index contributed by atoms with van der Waals surface area (Å²) in [6, 6.07) is 0. The summed E-state index contributed by atoms with van der Waals surface area (Å²) in [5.74, 6) is -0.332. The highest BCUT2D eigenvalue weighted by molar-refractivity contribution is 5.66. The van der Waals surface area contributed by atoms with Crippen molar-refractivity contribution in [2.24, 2.45) is 5.92 Å². The zero-order chi connectivity index (χ0) is 7.98. The normalized spacial score (nSPS) is 13.0. The topological polar surface area (TPSA) is 37.3 Å². The van der Waals surface area contributed by atoms with E-state index in [4.69, 9.17) is 5.11 Å². The van der Waals surface area contributed by atoms with Gasteiger partial charge in [-0.15, -0.1) is 0 Å². The lowest BCUT2D eigenvalue weighted by Crippen LogP contribution is -2.03. The maximum atomic E-state index is 10.2. The molecular formula is C8H16O2. The highest BCUT2D eigenvalue weighted by Crippen LogP contribution is 2.10. The zero-order valence-electron chi connectivity index (χ0n) is 6.76. The SMILES string of the molecule is CCCCC(C)CC(=O)O. The van der Waals surface area contributed by atoms with Crippen molar-refractivity contribution in [1.82, 2.24) is 0 Å². The third-order valence-corrected chi connectivity index (χ3v) is 1.57. The monoisotopic (exact) mass is 144 g/mol. The van der Waals surface area contributed by atoms with Gasteiger partial charge in [0.1, 0.15) is 0 Å². The van der Waals surface area contributed by atoms with Gasteiger partial charge in [0.05, 0.1) is 0 Å². The number of unbranched alkanes of at least 4 members (excludes halogenated alkanes) is 1. The number of carboxylic acid groups (broad SMARTS) is 1. The first-order chi connectivity index (χ1) is 4.66. The third-order valence-electron chi connectivity index (χ3n) is 1.57. The molecule has 1 atom stereocenters. The summed E-state index contributed by atoms with van der Waals surface area (Å²) in [5, 5.41) is 8.38. The molecule has 2 nitrogen and oxygen atoms in total. The van der Waals surface area contributed by atoms with Crippen molar-refractivity contribution in [3.05, 3.63) is 0 Å². The van der Waals surface area contributed by atoms with Crippen molar-refractivity contribution in [1.29, 1.82) is 0 Å². The molecular weight excluding hydrogens is 128 g/mol. The Labute approximate surface area is 62.2 Å². The van der Waals surface area contributed by atoms with Gasteiger partial charge in [0, 0.05) is 6.42 Å². The molecule has 1 unspecified atom stereocenters. The van der Waals surface area contributed by atoms with Crippen LogP contribution in [0.5, 0.6) is 0 Å². The Morgan fingerprint density at radius 1 is 1.60 bits per heavy atom. The molecule has 0 saturated heterocycles. The van der Waals surface area contributed by atoms with E-state index in [1.54, 1.807) is 0 Å². The molecule has 10 heavy (non-hydrogen) atoms. The van der Waals surface area contributed by atoms with E-state index in [0.29, 0.717) is 12.3 Å². The van der Waals surface area contributed by atoms with Crippen LogP contribution in [0.25, 0.3) is 0 Å². The van der Waals surface area contributed by atoms with E-state index < -0.39 is 5.97 Å². The maximum absolute atomic E-state index is 10.2. The fourth-order valence-electron chi connectivity index (χ4n) is 0.953. The Balaban J connectivity index is 3.25. The van der Waals surface area contributed by atoms with Crippen LogP contribution in [0, 0.1) is 5.92 Å². The minimum Gasteiger partial charge on any atom is -0.481 e. The van der Waals surface area contributed by atoms with Crippen LogP contribution in [0.1, 0.15) is 39.5 Å². The first-order valence-electron chi connectivity index (χ1n) is 3.88. The number of aliphatic carboxylic acids is 1. The summed E-state index contributed by atoms with van der Waals surface area (Å²) in [5.41, 5.74) is 0. The molecule has 0 aliphatic heterocycles. The van der Waals surface area contributed by atoms with Crippen LogP contribution in [0.15, 0.2) is 0 Å². The van der Waals surface area contributed by atoms with Crippen molar-refractivity contribution in [3.63, 3.8) is 0 Å². The molecule has 0 spiro atoms. The smallest absolute Gasteiger partial charge is 0.303 e. The fraction of sp³-hybridized carbons (Fsp3) is 0.875. The van der Waals surface area contributed by atoms with Gasteiger partial charge in [0.2, 0.25) is 0 Å². The molecule has 0 fully saturated rings. The Bertz CT molecular complexity index is 99.4. The Hall–Kier alpha value is -0.530. The van der Waals surface area contributed by atoms with Gasteiger partial charge >= 0.3 is 5.97 Å². The lowest BCUT2D eigenvalue weighted by atomic mass is 10.0. The van der Waals surface area contributed by atoms with E-state index in [0.717, 1.165) is 19.3 Å². The summed E-state index contributed by atoms with van der Waals surface area (Å²) >= 11 is 0. The molecule has 0 amide bonds. The summed E-state index contributed by atoms with van der Waals surface area (Å²) < 4.78 is 0. The Kier molecular flexibility index (Phi) is 4.99. The van der Waals surface area contributed by atoms with Gasteiger partial charge in [0.15, 0.2) is 0 Å². The van der Waals surface area contributed by atoms with E-state index >= 15 is 0 Å². The lowest BCUT2D eigenvalue weighted by Gasteiger charge is -2.05. The predicted octanol–water partition coefficient (Wildman–Crippen LogP) is 2.29. The van der Waals surface area contributed by atoms with Gasteiger partial charge in [-0.2, -0.15) is 0 Å². The number of carboxylic acids is 1. The third kappa shape index (κ3) is 5.60. The van der Waals surface area contributed by atoms with Gasteiger partial charge < -0.3 is 5.11 Å². The minimum absolute atomic E-state index is 0.319. The average molecular weight is 144 g/mol. The maximum Gasteiger partial charge on any atom is 0.303 e. The van der Waals surface area contributed by atoms with Gasteiger partial charge in [-0.3, -0.25) is 4.79 Å². The van der Waals surface area contributed by atoms with Crippen molar-refractivity contribution in [2.75, 3.05) is 0 Å². The quantitative estimate of drug-likeness (QED) is 0.642. The molecule has 0 rings (SSSR count). The highest BCUT2D eigenvalue weighted by atomic mass is 16.4. The summed E-state index contributed by atoms with van der Waals surface area (Å²) in [4.78, 5) is 10.2. The zero-order valence-corrected chi connectivity index (χ0v) is 6.76. The largest absolute Gasteiger partial charge is 0.481 e. The molecule has 0 aliphatic carbocycles. The van der Waals surface area contributed by atoms with Gasteiger partial charge in [0.25, 0.3) is 0 Å². The van der Waals surface area contributed by atoms with E-state index in [1.807, 2.05) is 6.92 Å². The molecule has 60 valence electrons. The molecule has 0 radical (unpaired) electrons. The fourth-order valence-corrected chi connectivity index (χ4v) is 0.953. The van der Waals surface area contributed by atoms with Crippen LogP contribution in [0.3, 0.4) is 0 Å². The summed E-state index contributed by atoms with van der Waals surface area (Å²) in [6.07, 6.45) is 3.67. The molecule has 1 N–H and O–H groups in total. The van der Waals surface area contributed by atoms with E-state index in [2.05, 4.69) is 6.92 Å². The minimum atomic E-state index is -0.677. The van der Waals surface area contributed by atoms with Crippen molar-refractivity contribution >= 4 is 5.97 Å². The molecule has 0 aliphatic rings. The standard InChI is InChI=1S/C8H16O2/c1-3-4-5-7(2)6-8(9)10/h7H,3-6H2,1-2H3,(H,9,10). The van der Waals surface area contributed by atoms with Crippen molar-refractivity contribution in [3.8, 4) is 0 Å². The molecule has 2 heteroatoms. The highest BCUT2D eigenvalue weighted by Gasteiger charge is 2.05. The number of rotatable bonds is 5. The molecule has 0 heterocycles. The van der Waals surface area contributed by atoms with Crippen LogP contribution in [0.4, 0.5) is 0 Å². The Morgan fingerprint density at radius 2 is 2.20 bits per heavy atom. The molecule has 0 saturated carbocycles. The van der Waals surface area contributed by atoms with E-state index in [-0.39, 0.29) is 0 Å². The molecule has 0 bridgehead atoms. The van der Waals surface area contributed by atoms with Crippen LogP contribution >= 0.6 is 0 Å². The summed E-state index contributed by atoms with van der Waals surface area (Å²) in [7, 11) is 0. The van der Waals surface area contributed by atoms with Gasteiger partial charge in [-0.05, 0) is 5.92 Å². The number of hydrogen-bond donors (Lipinski definition) is 1. The van der Waals surface area contributed by atoms with Gasteiger partial charge in [-0.25, -0.2) is 0 Å². The first kappa shape index (κ1) is 9.47. The van der Waals surface area contributed by atoms with Crippen molar-refractivity contribution < 1.29 is 9.90 Å². The van der Waals surface area contributed by atoms with E-state index in [9.17, 15) is 4.79 Å². The first-order valence-corrected chi connectivity index (χ1v) is 3.88. The van der Waals surface area contributed by atoms with E-state index in [1.165, 1.54) is 0 Å². The van der Waals surface area contributed by atoms with Crippen LogP contribution in [0.2, 0.25) is 0 Å². The Morgan fingerprint density at radius 3 is 2.60 bits per heavy atom. The number of hydrogen-bond acceptors (Lipinski definition) is 1. The second-order valence-electron chi connectivity index (χ2n) is 2.85. The van der Waals surface area contributed by atoms with Gasteiger partial charge in [-0.1, -0.05) is 33.1 Å². The van der Waals surface area contributed by atoms with Crippen LogP contribution < -0.4 is 0 Å². The van der Waals surface area contributed by atoms with Crippen LogP contribution in [-0.2, 0) is 4.79 Å². The summed E-state index contributed by atoms with van der Waals surface area (Å²) in [6.45, 7) is 4.11. The molecule has 0 aromatic rings. The molecule has 0 aromatic carbocycles. The number of carbonyl (C=O) groups is 1. The predicted molar refractivity (Wildman–Crippen MR) is 40.9 cm³/mol. The second-order valence-corrected chi connectivity index (χ2v) is 2.85. The molecule has 0 aromatic heterocycles. The average Bonchev–Trinajstić information content (AvgIpc) is 1.82. The van der Waals surface area contributed by atoms with Crippen molar-refractivity contribution in [2.45, 2.75) is 39.5 Å². The van der Waals surface area contributed by atoms with Crippen LogP contribution in [-0.4, -0.2) is 11.1 Å². The second kappa shape index (κ2) is 5.27.